The molecule has 0 bridgehead atoms. The predicted octanol–water partition coefficient (Wildman–Crippen LogP) is 9.95. The number of unbranched alkanes of at least 4 members (excludes halogenated alkanes) is 28. The van der Waals surface area contributed by atoms with Crippen LogP contribution in [0.25, 0.3) is 0 Å². The average Bonchev–Trinajstić information content (AvgIpc) is 3.04. The molecule has 0 unspecified atom stereocenters. The van der Waals surface area contributed by atoms with E-state index in [4.69, 9.17) is 0 Å². The monoisotopic (exact) mass is 677 g/mol. The van der Waals surface area contributed by atoms with Crippen molar-refractivity contribution in [1.82, 2.24) is 0 Å². The van der Waals surface area contributed by atoms with Crippen molar-refractivity contribution in [2.75, 3.05) is 26.4 Å². The fourth-order valence-electron chi connectivity index (χ4n) is 4.94. The summed E-state index contributed by atoms with van der Waals surface area (Å²) in [6.07, 6.45) is 40.3. The van der Waals surface area contributed by atoms with Crippen LogP contribution in [-0.4, -0.2) is 26.4 Å². The normalized spacial score (nSPS) is 10.1. The molecule has 0 aromatic heterocycles. The third-order valence-electron chi connectivity index (χ3n) is 7.99. The molecular weight excluding hydrogens is 592 g/mol. The first kappa shape index (κ1) is 55.0. The molecular formula is C40H84O4Ti. The van der Waals surface area contributed by atoms with Crippen LogP contribution in [0.15, 0.2) is 0 Å². The summed E-state index contributed by atoms with van der Waals surface area (Å²) in [5.41, 5.74) is 0. The maximum absolute atomic E-state index is 10.1. The van der Waals surface area contributed by atoms with Crippen molar-refractivity contribution < 1.29 is 42.1 Å². The van der Waals surface area contributed by atoms with Crippen LogP contribution in [0.2, 0.25) is 0 Å². The molecule has 5 heteroatoms. The van der Waals surface area contributed by atoms with E-state index in [-0.39, 0.29) is 48.1 Å². The van der Waals surface area contributed by atoms with Gasteiger partial charge in [-0.1, -0.05) is 233 Å². The Balaban J connectivity index is -0.000000157. The molecule has 45 heavy (non-hydrogen) atoms. The smallest absolute Gasteiger partial charge is 0.854 e. The van der Waals surface area contributed by atoms with E-state index in [0.717, 1.165) is 51.4 Å². The number of hydrogen-bond donors (Lipinski definition) is 0. The molecule has 0 aromatic rings. The zero-order valence-electron chi connectivity index (χ0n) is 31.6. The molecule has 0 spiro atoms. The molecule has 4 nitrogen and oxygen atoms in total. The van der Waals surface area contributed by atoms with Gasteiger partial charge in [-0.3, -0.25) is 0 Å². The van der Waals surface area contributed by atoms with Gasteiger partial charge in [0.2, 0.25) is 0 Å². The van der Waals surface area contributed by atoms with Gasteiger partial charge in [-0.05, 0) is 0 Å². The largest absolute Gasteiger partial charge is 4.00 e. The zero-order valence-corrected chi connectivity index (χ0v) is 33.2. The topological polar surface area (TPSA) is 92.2 Å². The summed E-state index contributed by atoms with van der Waals surface area (Å²) in [6.45, 7) is 9.41. The Kier molecular flexibility index (Phi) is 77.3. The molecule has 0 aliphatic rings. The average molecular weight is 677 g/mol. The van der Waals surface area contributed by atoms with E-state index in [1.54, 1.807) is 0 Å². The summed E-state index contributed by atoms with van der Waals surface area (Å²) < 4.78 is 0. The minimum Gasteiger partial charge on any atom is -0.854 e. The van der Waals surface area contributed by atoms with Gasteiger partial charge in [0.05, 0.1) is 0 Å². The summed E-state index contributed by atoms with van der Waals surface area (Å²) in [4.78, 5) is 0. The van der Waals surface area contributed by atoms with E-state index >= 15 is 0 Å². The van der Waals surface area contributed by atoms with Crippen molar-refractivity contribution in [1.29, 1.82) is 0 Å². The third-order valence-corrected chi connectivity index (χ3v) is 7.99. The van der Waals surface area contributed by atoms with Crippen molar-refractivity contribution in [3.63, 3.8) is 0 Å². The van der Waals surface area contributed by atoms with Crippen LogP contribution >= 0.6 is 0 Å². The van der Waals surface area contributed by atoms with Crippen LogP contribution in [0.1, 0.15) is 233 Å². The standard InChI is InChI=1S/4C10H21O.Ti/c4*1-2-3-4-5-6-7-8-9-10-11;/h4*2-10H2,1H3;/q4*-1;+4. The summed E-state index contributed by atoms with van der Waals surface area (Å²) in [5, 5.41) is 40.3. The summed E-state index contributed by atoms with van der Waals surface area (Å²) in [5.74, 6) is 0. The summed E-state index contributed by atoms with van der Waals surface area (Å²) in [6, 6.07) is 0. The molecule has 0 aliphatic heterocycles. The van der Waals surface area contributed by atoms with Gasteiger partial charge in [-0.2, -0.15) is 0 Å². The number of hydrogen-bond acceptors (Lipinski definition) is 4. The van der Waals surface area contributed by atoms with E-state index in [9.17, 15) is 20.4 Å². The van der Waals surface area contributed by atoms with Gasteiger partial charge >= 0.3 is 21.7 Å². The Morgan fingerprint density at radius 3 is 0.422 bits per heavy atom. The zero-order chi connectivity index (χ0) is 33.5. The first-order valence-electron chi connectivity index (χ1n) is 20.0. The molecule has 0 heterocycles. The van der Waals surface area contributed by atoms with Crippen LogP contribution in [0, 0.1) is 0 Å². The van der Waals surface area contributed by atoms with Gasteiger partial charge in [0.1, 0.15) is 0 Å². The number of rotatable bonds is 32. The second-order valence-corrected chi connectivity index (χ2v) is 12.7. The van der Waals surface area contributed by atoms with E-state index in [2.05, 4.69) is 27.7 Å². The minimum atomic E-state index is 0. The van der Waals surface area contributed by atoms with Crippen LogP contribution in [-0.2, 0) is 21.7 Å². The molecule has 0 atom stereocenters. The van der Waals surface area contributed by atoms with E-state index in [1.807, 2.05) is 0 Å². The molecule has 0 fully saturated rings. The first-order valence-corrected chi connectivity index (χ1v) is 20.0. The fraction of sp³-hybridized carbons (Fsp3) is 1.00. The van der Waals surface area contributed by atoms with Gasteiger partial charge in [-0.15, -0.1) is 26.4 Å². The van der Waals surface area contributed by atoms with Gasteiger partial charge in [-0.25, -0.2) is 0 Å². The predicted molar refractivity (Wildman–Crippen MR) is 190 cm³/mol. The van der Waals surface area contributed by atoms with Gasteiger partial charge in [0.25, 0.3) is 0 Å². The second kappa shape index (κ2) is 63.3. The molecule has 0 aliphatic carbocycles. The van der Waals surface area contributed by atoms with E-state index < -0.39 is 0 Å². The van der Waals surface area contributed by atoms with Crippen molar-refractivity contribution in [2.24, 2.45) is 0 Å². The van der Waals surface area contributed by atoms with Gasteiger partial charge in [0.15, 0.2) is 0 Å². The van der Waals surface area contributed by atoms with Gasteiger partial charge in [0, 0.05) is 0 Å². The van der Waals surface area contributed by atoms with E-state index in [0.29, 0.717) is 0 Å². The van der Waals surface area contributed by atoms with Crippen LogP contribution in [0.4, 0.5) is 0 Å². The Labute approximate surface area is 300 Å². The second-order valence-electron chi connectivity index (χ2n) is 12.7. The third kappa shape index (κ3) is 76.1. The molecule has 0 rings (SSSR count). The quantitative estimate of drug-likeness (QED) is 0.0524. The Hall–Kier alpha value is 0.554. The summed E-state index contributed by atoms with van der Waals surface area (Å²) >= 11 is 0. The van der Waals surface area contributed by atoms with Gasteiger partial charge < -0.3 is 20.4 Å². The minimum absolute atomic E-state index is 0. The molecule has 0 aromatic carbocycles. The van der Waals surface area contributed by atoms with Crippen molar-refractivity contribution in [2.45, 2.75) is 233 Å². The van der Waals surface area contributed by atoms with Crippen LogP contribution in [0.5, 0.6) is 0 Å². The van der Waals surface area contributed by atoms with Crippen molar-refractivity contribution in [3.8, 4) is 0 Å². The maximum Gasteiger partial charge on any atom is 4.00 e. The first-order chi connectivity index (χ1) is 21.7. The van der Waals surface area contributed by atoms with Crippen LogP contribution in [0.3, 0.4) is 0 Å². The molecule has 0 N–H and O–H groups in total. The SMILES string of the molecule is CCCCCCCCCC[O-].CCCCCCCCCC[O-].CCCCCCCCCC[O-].CCCCCCCCCC[O-].[Ti+4]. The molecule has 272 valence electrons. The Morgan fingerprint density at radius 1 is 0.200 bits per heavy atom. The molecule has 0 amide bonds. The summed E-state index contributed by atoms with van der Waals surface area (Å²) in [7, 11) is 0. The van der Waals surface area contributed by atoms with Crippen molar-refractivity contribution >= 4 is 0 Å². The Bertz CT molecular complexity index is 294. The Morgan fingerprint density at radius 2 is 0.311 bits per heavy atom. The molecule has 0 saturated heterocycles. The maximum atomic E-state index is 10.1. The van der Waals surface area contributed by atoms with E-state index in [1.165, 1.54) is 154 Å². The molecule has 0 radical (unpaired) electrons. The fourth-order valence-corrected chi connectivity index (χ4v) is 4.94. The van der Waals surface area contributed by atoms with Crippen LogP contribution < -0.4 is 20.4 Å². The van der Waals surface area contributed by atoms with Crippen molar-refractivity contribution in [3.05, 3.63) is 0 Å². The molecule has 0 saturated carbocycles.